The zero-order valence-electron chi connectivity index (χ0n) is 14.7. The van der Waals surface area contributed by atoms with Gasteiger partial charge in [-0.15, -0.1) is 12.4 Å². The molecule has 1 aromatic heterocycles. The predicted octanol–water partition coefficient (Wildman–Crippen LogP) is 2.96. The van der Waals surface area contributed by atoms with Crippen molar-refractivity contribution in [2.75, 3.05) is 7.05 Å². The Hall–Kier alpha value is -1.85. The van der Waals surface area contributed by atoms with Crippen molar-refractivity contribution < 1.29 is 4.79 Å². The summed E-state index contributed by atoms with van der Waals surface area (Å²) < 4.78 is 1.83. The van der Waals surface area contributed by atoms with Gasteiger partial charge in [0.2, 0.25) is 0 Å². The van der Waals surface area contributed by atoms with Crippen molar-refractivity contribution in [2.24, 2.45) is 0 Å². The summed E-state index contributed by atoms with van der Waals surface area (Å²) in [7, 11) is 1.95. The molecule has 2 aliphatic heterocycles. The number of hydrogen-bond acceptors (Lipinski definition) is 3. The van der Waals surface area contributed by atoms with E-state index in [9.17, 15) is 4.79 Å². The Balaban J connectivity index is 0.00000182. The number of rotatable bonds is 3. The summed E-state index contributed by atoms with van der Waals surface area (Å²) in [5.41, 5.74) is 2.70. The highest BCUT2D eigenvalue weighted by molar-refractivity contribution is 5.94. The number of fused-ring (bicyclic) bond motifs is 2. The molecule has 2 fully saturated rings. The minimum atomic E-state index is 0. The maximum absolute atomic E-state index is 12.8. The SMILES string of the molecule is Cc1ccn(-c2ccc(C(=O)N(C)C3CC4CCC(C3)N4)cc2)n1.Cl. The van der Waals surface area contributed by atoms with E-state index in [1.807, 2.05) is 60.1 Å². The molecule has 134 valence electrons. The first-order valence-electron chi connectivity index (χ1n) is 8.76. The molecule has 2 aromatic rings. The van der Waals surface area contributed by atoms with Crippen LogP contribution in [0.2, 0.25) is 0 Å². The lowest BCUT2D eigenvalue weighted by molar-refractivity contribution is 0.0681. The van der Waals surface area contributed by atoms with Crippen molar-refractivity contribution in [1.29, 1.82) is 0 Å². The van der Waals surface area contributed by atoms with Crippen LogP contribution in [-0.4, -0.2) is 45.8 Å². The third-order valence-electron chi connectivity index (χ3n) is 5.42. The number of benzene rings is 1. The summed E-state index contributed by atoms with van der Waals surface area (Å²) in [4.78, 5) is 14.8. The number of nitrogens with zero attached hydrogens (tertiary/aromatic N) is 3. The summed E-state index contributed by atoms with van der Waals surface area (Å²) in [6, 6.07) is 11.2. The number of carbonyl (C=O) groups excluding carboxylic acids is 1. The first-order chi connectivity index (χ1) is 11.6. The van der Waals surface area contributed by atoms with Crippen LogP contribution < -0.4 is 5.32 Å². The molecule has 1 N–H and O–H groups in total. The van der Waals surface area contributed by atoms with E-state index in [2.05, 4.69) is 10.4 Å². The normalized spacial score (nSPS) is 24.6. The number of nitrogens with one attached hydrogen (secondary N) is 1. The Kier molecular flexibility index (Phi) is 5.16. The molecule has 0 aliphatic carbocycles. The summed E-state index contributed by atoms with van der Waals surface area (Å²) in [6.07, 6.45) is 6.58. The summed E-state index contributed by atoms with van der Waals surface area (Å²) >= 11 is 0. The third kappa shape index (κ3) is 3.58. The Morgan fingerprint density at radius 1 is 1.16 bits per heavy atom. The van der Waals surface area contributed by atoms with Crippen molar-refractivity contribution in [3.63, 3.8) is 0 Å². The molecule has 0 spiro atoms. The van der Waals surface area contributed by atoms with E-state index in [1.54, 1.807) is 0 Å². The number of amides is 1. The molecule has 25 heavy (non-hydrogen) atoms. The van der Waals surface area contributed by atoms with Gasteiger partial charge >= 0.3 is 0 Å². The van der Waals surface area contributed by atoms with Crippen LogP contribution in [0, 0.1) is 6.92 Å². The lowest BCUT2D eigenvalue weighted by atomic mass is 9.98. The second kappa shape index (κ2) is 7.18. The Bertz CT molecular complexity index is 730. The second-order valence-electron chi connectivity index (χ2n) is 7.13. The fraction of sp³-hybridized carbons (Fsp3) is 0.474. The van der Waals surface area contributed by atoms with Gasteiger partial charge in [0.1, 0.15) is 0 Å². The maximum Gasteiger partial charge on any atom is 0.253 e. The summed E-state index contributed by atoms with van der Waals surface area (Å²) in [5.74, 6) is 0.115. The van der Waals surface area contributed by atoms with Crippen LogP contribution in [0.4, 0.5) is 0 Å². The van der Waals surface area contributed by atoms with Crippen molar-refractivity contribution in [3.8, 4) is 5.69 Å². The molecule has 5 nitrogen and oxygen atoms in total. The van der Waals surface area contributed by atoms with Crippen molar-refractivity contribution in [2.45, 2.75) is 50.7 Å². The zero-order chi connectivity index (χ0) is 16.7. The van der Waals surface area contributed by atoms with Crippen LogP contribution in [0.1, 0.15) is 41.7 Å². The van der Waals surface area contributed by atoms with Crippen molar-refractivity contribution >= 4 is 18.3 Å². The molecular formula is C19H25ClN4O. The Morgan fingerprint density at radius 3 is 2.36 bits per heavy atom. The van der Waals surface area contributed by atoms with Gasteiger partial charge in [-0.3, -0.25) is 4.79 Å². The molecule has 2 unspecified atom stereocenters. The number of aromatic nitrogens is 2. The van der Waals surface area contributed by atoms with E-state index in [4.69, 9.17) is 0 Å². The van der Waals surface area contributed by atoms with Crippen LogP contribution in [0.15, 0.2) is 36.5 Å². The number of carbonyl (C=O) groups is 1. The minimum absolute atomic E-state index is 0. The lowest BCUT2D eigenvalue weighted by Gasteiger charge is -2.35. The second-order valence-corrected chi connectivity index (χ2v) is 7.13. The Morgan fingerprint density at radius 2 is 1.80 bits per heavy atom. The van der Waals surface area contributed by atoms with Gasteiger partial charge in [-0.25, -0.2) is 4.68 Å². The van der Waals surface area contributed by atoms with Gasteiger partial charge in [0.15, 0.2) is 0 Å². The van der Waals surface area contributed by atoms with Gasteiger partial charge in [0.25, 0.3) is 5.91 Å². The van der Waals surface area contributed by atoms with Crippen LogP contribution in [0.25, 0.3) is 5.69 Å². The van der Waals surface area contributed by atoms with E-state index in [1.165, 1.54) is 12.8 Å². The van der Waals surface area contributed by atoms with E-state index in [-0.39, 0.29) is 18.3 Å². The average molecular weight is 361 g/mol. The molecule has 2 atom stereocenters. The van der Waals surface area contributed by atoms with Gasteiger partial charge in [0, 0.05) is 36.9 Å². The first kappa shape index (κ1) is 18.0. The number of halogens is 1. The van der Waals surface area contributed by atoms with E-state index < -0.39 is 0 Å². The van der Waals surface area contributed by atoms with Crippen LogP contribution in [0.5, 0.6) is 0 Å². The molecule has 0 radical (unpaired) electrons. The molecule has 2 bridgehead atoms. The molecule has 6 heteroatoms. The summed E-state index contributed by atoms with van der Waals surface area (Å²) in [5, 5.41) is 8.04. The highest BCUT2D eigenvalue weighted by Crippen LogP contribution is 2.29. The van der Waals surface area contributed by atoms with Gasteiger partial charge in [-0.2, -0.15) is 5.10 Å². The fourth-order valence-electron chi connectivity index (χ4n) is 4.03. The molecule has 2 saturated heterocycles. The van der Waals surface area contributed by atoms with Crippen LogP contribution in [-0.2, 0) is 0 Å². The highest BCUT2D eigenvalue weighted by Gasteiger charge is 2.36. The Labute approximate surface area is 154 Å². The van der Waals surface area contributed by atoms with Gasteiger partial charge in [-0.1, -0.05) is 0 Å². The monoisotopic (exact) mass is 360 g/mol. The van der Waals surface area contributed by atoms with Crippen LogP contribution >= 0.6 is 12.4 Å². The fourth-order valence-corrected chi connectivity index (χ4v) is 4.03. The van der Waals surface area contributed by atoms with Crippen molar-refractivity contribution in [1.82, 2.24) is 20.0 Å². The summed E-state index contributed by atoms with van der Waals surface area (Å²) in [6.45, 7) is 1.97. The minimum Gasteiger partial charge on any atom is -0.339 e. The lowest BCUT2D eigenvalue weighted by Crippen LogP contribution is -2.48. The topological polar surface area (TPSA) is 50.2 Å². The molecule has 1 aromatic carbocycles. The third-order valence-corrected chi connectivity index (χ3v) is 5.42. The number of aryl methyl sites for hydroxylation is 1. The van der Waals surface area contributed by atoms with Gasteiger partial charge in [-0.05, 0) is 62.9 Å². The number of hydrogen-bond donors (Lipinski definition) is 1. The largest absolute Gasteiger partial charge is 0.339 e. The molecule has 2 aliphatic rings. The molecule has 1 amide bonds. The van der Waals surface area contributed by atoms with E-state index in [0.717, 1.165) is 29.8 Å². The number of piperidine rings is 1. The predicted molar refractivity (Wildman–Crippen MR) is 101 cm³/mol. The standard InChI is InChI=1S/C19H24N4O.ClH/c1-13-9-10-23(21-13)17-7-3-14(4-8-17)19(24)22(2)18-11-15-5-6-16(12-18)20-15;/h3-4,7-10,15-16,18,20H,5-6,11-12H2,1-2H3;1H. The first-order valence-corrected chi connectivity index (χ1v) is 8.76. The van der Waals surface area contributed by atoms with Crippen LogP contribution in [0.3, 0.4) is 0 Å². The molecule has 0 saturated carbocycles. The molecule has 3 heterocycles. The maximum atomic E-state index is 12.8. The average Bonchev–Trinajstić information content (AvgIpc) is 3.18. The molecule has 4 rings (SSSR count). The smallest absolute Gasteiger partial charge is 0.253 e. The van der Waals surface area contributed by atoms with Gasteiger partial charge in [0.05, 0.1) is 11.4 Å². The van der Waals surface area contributed by atoms with E-state index >= 15 is 0 Å². The highest BCUT2D eigenvalue weighted by atomic mass is 35.5. The zero-order valence-corrected chi connectivity index (χ0v) is 15.5. The van der Waals surface area contributed by atoms with Crippen molar-refractivity contribution in [3.05, 3.63) is 47.8 Å². The molecular weight excluding hydrogens is 336 g/mol. The van der Waals surface area contributed by atoms with E-state index in [0.29, 0.717) is 18.1 Å². The quantitative estimate of drug-likeness (QED) is 0.915. The van der Waals surface area contributed by atoms with Gasteiger partial charge < -0.3 is 10.2 Å².